The topological polar surface area (TPSA) is 134 Å². The number of nitrogens with two attached hydrogens (primary N) is 1. The number of nitrogens with one attached hydrogen (secondary N) is 2. The number of nitrogens with zero attached hydrogens (tertiary/aromatic N) is 2. The van der Waals surface area contributed by atoms with Gasteiger partial charge in [-0.15, -0.1) is 0 Å². The quantitative estimate of drug-likeness (QED) is 0.471. The van der Waals surface area contributed by atoms with Crippen LogP contribution in [-0.4, -0.2) is 70.0 Å². The molecule has 204 valence electrons. The third kappa shape index (κ3) is 5.63. The predicted molar refractivity (Wildman–Crippen MR) is 135 cm³/mol. The van der Waals surface area contributed by atoms with E-state index in [2.05, 4.69) is 24.6 Å². The summed E-state index contributed by atoms with van der Waals surface area (Å²) in [5, 5.41) is 4.02. The Balaban J connectivity index is 1.83. The fraction of sp³-hybridized carbons (Fsp3) is 0.846. The SMILES string of the molecule is CC[C@H](C)[C@H](N)C(=O)N1C[C@H]2[C@@H]([C@H]1C(=O)NN(CC1CC(C)(C)NC1=O)C(=O)OC(C)(C)C)C2(C)C. The summed E-state index contributed by atoms with van der Waals surface area (Å²) in [5.74, 6) is -1.23. The van der Waals surface area contributed by atoms with Gasteiger partial charge in [-0.3, -0.25) is 19.8 Å². The molecule has 10 nitrogen and oxygen atoms in total. The van der Waals surface area contributed by atoms with Gasteiger partial charge >= 0.3 is 6.09 Å². The Bertz CT molecular complexity index is 911. The van der Waals surface area contributed by atoms with Crippen molar-refractivity contribution in [2.24, 2.45) is 34.8 Å². The van der Waals surface area contributed by atoms with E-state index in [4.69, 9.17) is 10.5 Å². The van der Waals surface area contributed by atoms with Crippen molar-refractivity contribution in [3.05, 3.63) is 0 Å². The number of ether oxygens (including phenoxy) is 1. The molecule has 3 rings (SSSR count). The summed E-state index contributed by atoms with van der Waals surface area (Å²) < 4.78 is 5.54. The van der Waals surface area contributed by atoms with Crippen LogP contribution in [-0.2, 0) is 19.1 Å². The zero-order valence-electron chi connectivity index (χ0n) is 23.3. The summed E-state index contributed by atoms with van der Waals surface area (Å²) in [6, 6.07) is -1.44. The Hall–Kier alpha value is -2.36. The maximum atomic E-state index is 13.7. The monoisotopic (exact) mass is 507 g/mol. The van der Waals surface area contributed by atoms with Crippen molar-refractivity contribution in [1.29, 1.82) is 0 Å². The lowest BCUT2D eigenvalue weighted by Gasteiger charge is -2.35. The van der Waals surface area contributed by atoms with Crippen molar-refractivity contribution in [2.45, 2.75) is 98.4 Å². The fourth-order valence-corrected chi connectivity index (χ4v) is 5.75. The molecule has 0 aromatic carbocycles. The van der Waals surface area contributed by atoms with Gasteiger partial charge in [-0.05, 0) is 64.2 Å². The molecule has 1 unspecified atom stereocenters. The van der Waals surface area contributed by atoms with E-state index >= 15 is 0 Å². The first-order valence-corrected chi connectivity index (χ1v) is 13.1. The van der Waals surface area contributed by atoms with Gasteiger partial charge in [0.2, 0.25) is 11.8 Å². The standard InChI is InChI=1S/C26H45N5O5/c1-10-14(2)18(27)22(34)30-13-16-17(26(16,8)9)19(30)21(33)29-31(23(35)36-24(3,4)5)12-15-11-25(6,7)28-20(15)32/h14-19H,10-13,27H2,1-9H3,(H,28,32)(H,29,33)/t14-,15?,16-,17-,18-,19-/m0/s1. The minimum atomic E-state index is -0.792. The first kappa shape index (κ1) is 28.2. The van der Waals surface area contributed by atoms with E-state index in [9.17, 15) is 19.2 Å². The summed E-state index contributed by atoms with van der Waals surface area (Å²) in [6.45, 7) is 17.6. The number of likely N-dealkylation sites (tertiary alicyclic amines) is 1. The second kappa shape index (κ2) is 9.50. The van der Waals surface area contributed by atoms with Crippen molar-refractivity contribution in [3.63, 3.8) is 0 Å². The molecule has 36 heavy (non-hydrogen) atoms. The molecule has 2 heterocycles. The average molecular weight is 508 g/mol. The van der Waals surface area contributed by atoms with Gasteiger partial charge in [0.15, 0.2) is 0 Å². The number of rotatable bonds is 6. The predicted octanol–water partition coefficient (Wildman–Crippen LogP) is 2.03. The molecule has 1 aliphatic carbocycles. The van der Waals surface area contributed by atoms with E-state index in [1.807, 2.05) is 27.7 Å². The lowest BCUT2D eigenvalue weighted by atomic mass is 9.96. The van der Waals surface area contributed by atoms with Gasteiger partial charge in [0.25, 0.3) is 5.91 Å². The third-order valence-corrected chi connectivity index (χ3v) is 8.15. The first-order chi connectivity index (χ1) is 16.4. The Morgan fingerprint density at radius 1 is 1.25 bits per heavy atom. The minimum absolute atomic E-state index is 0.0198. The molecule has 6 atom stereocenters. The van der Waals surface area contributed by atoms with Crippen LogP contribution in [0, 0.1) is 29.1 Å². The van der Waals surface area contributed by atoms with E-state index in [0.29, 0.717) is 13.0 Å². The average Bonchev–Trinajstić information content (AvgIpc) is 3.05. The highest BCUT2D eigenvalue weighted by molar-refractivity contribution is 5.92. The molecule has 0 radical (unpaired) electrons. The Labute approximate surface area is 215 Å². The molecule has 3 fully saturated rings. The van der Waals surface area contributed by atoms with Crippen molar-refractivity contribution < 1.29 is 23.9 Å². The van der Waals surface area contributed by atoms with E-state index in [0.717, 1.165) is 11.4 Å². The molecule has 4 N–H and O–H groups in total. The zero-order valence-corrected chi connectivity index (χ0v) is 23.3. The summed E-state index contributed by atoms with van der Waals surface area (Å²) in [6.07, 6.45) is 0.519. The largest absolute Gasteiger partial charge is 0.442 e. The smallest absolute Gasteiger partial charge is 0.429 e. The summed E-state index contributed by atoms with van der Waals surface area (Å²) in [5.41, 5.74) is 7.69. The molecular weight excluding hydrogens is 462 g/mol. The van der Waals surface area contributed by atoms with Crippen LogP contribution in [0.1, 0.15) is 75.2 Å². The molecule has 2 aliphatic heterocycles. The molecule has 4 amide bonds. The van der Waals surface area contributed by atoms with Gasteiger partial charge in [-0.2, -0.15) is 0 Å². The number of carbonyl (C=O) groups excluding carboxylic acids is 4. The Morgan fingerprint density at radius 2 is 1.86 bits per heavy atom. The van der Waals surface area contributed by atoms with Gasteiger partial charge < -0.3 is 20.7 Å². The molecule has 0 aromatic rings. The number of fused-ring (bicyclic) bond motifs is 1. The van der Waals surface area contributed by atoms with Crippen LogP contribution >= 0.6 is 0 Å². The Morgan fingerprint density at radius 3 is 2.36 bits per heavy atom. The van der Waals surface area contributed by atoms with Crippen molar-refractivity contribution in [1.82, 2.24) is 20.7 Å². The van der Waals surface area contributed by atoms with E-state index in [1.54, 1.807) is 25.7 Å². The second-order valence-corrected chi connectivity index (χ2v) is 13.1. The van der Waals surface area contributed by atoms with Gasteiger partial charge in [-0.25, -0.2) is 9.80 Å². The maximum absolute atomic E-state index is 13.7. The Kier molecular flexibility index (Phi) is 7.45. The fourth-order valence-electron chi connectivity index (χ4n) is 5.75. The highest BCUT2D eigenvalue weighted by atomic mass is 16.6. The van der Waals surface area contributed by atoms with Crippen LogP contribution in [0.3, 0.4) is 0 Å². The summed E-state index contributed by atoms with van der Waals surface area (Å²) >= 11 is 0. The molecule has 2 saturated heterocycles. The number of piperidine rings is 1. The molecule has 10 heteroatoms. The normalized spacial score (nSPS) is 29.6. The van der Waals surface area contributed by atoms with Crippen LogP contribution in [0.2, 0.25) is 0 Å². The highest BCUT2D eigenvalue weighted by Gasteiger charge is 2.69. The van der Waals surface area contributed by atoms with Crippen LogP contribution in [0.25, 0.3) is 0 Å². The second-order valence-electron chi connectivity index (χ2n) is 13.1. The summed E-state index contributed by atoms with van der Waals surface area (Å²) in [7, 11) is 0. The molecule has 0 spiro atoms. The van der Waals surface area contributed by atoms with Crippen molar-refractivity contribution >= 4 is 23.8 Å². The molecule has 3 aliphatic rings. The molecule has 0 bridgehead atoms. The zero-order chi connectivity index (χ0) is 27.4. The van der Waals surface area contributed by atoms with Gasteiger partial charge in [0, 0.05) is 12.1 Å². The highest BCUT2D eigenvalue weighted by Crippen LogP contribution is 2.64. The van der Waals surface area contributed by atoms with Gasteiger partial charge in [-0.1, -0.05) is 34.1 Å². The van der Waals surface area contributed by atoms with Gasteiger partial charge in [0.05, 0.1) is 18.5 Å². The van der Waals surface area contributed by atoms with Crippen LogP contribution in [0.15, 0.2) is 0 Å². The number of amides is 4. The lowest BCUT2D eigenvalue weighted by molar-refractivity contribution is -0.144. The lowest BCUT2D eigenvalue weighted by Crippen LogP contribution is -2.59. The van der Waals surface area contributed by atoms with E-state index < -0.39 is 41.1 Å². The molecule has 1 saturated carbocycles. The molecular formula is C26H45N5O5. The minimum Gasteiger partial charge on any atom is -0.442 e. The number of hydrogen-bond donors (Lipinski definition) is 3. The van der Waals surface area contributed by atoms with Crippen LogP contribution < -0.4 is 16.5 Å². The van der Waals surface area contributed by atoms with Crippen molar-refractivity contribution in [3.8, 4) is 0 Å². The van der Waals surface area contributed by atoms with E-state index in [1.165, 1.54) is 0 Å². The van der Waals surface area contributed by atoms with Crippen LogP contribution in [0.5, 0.6) is 0 Å². The van der Waals surface area contributed by atoms with E-state index in [-0.39, 0.29) is 41.5 Å². The van der Waals surface area contributed by atoms with Crippen LogP contribution in [0.4, 0.5) is 4.79 Å². The van der Waals surface area contributed by atoms with Gasteiger partial charge in [0.1, 0.15) is 11.6 Å². The first-order valence-electron chi connectivity index (χ1n) is 13.1. The number of carbonyl (C=O) groups is 4. The number of hydrogen-bond acceptors (Lipinski definition) is 6. The molecule has 0 aromatic heterocycles. The van der Waals surface area contributed by atoms with Crippen molar-refractivity contribution in [2.75, 3.05) is 13.1 Å². The summed E-state index contributed by atoms with van der Waals surface area (Å²) in [4.78, 5) is 54.3. The maximum Gasteiger partial charge on any atom is 0.429 e. The number of hydrazine groups is 1. The third-order valence-electron chi connectivity index (χ3n) is 8.15.